The molecule has 3 atom stereocenters. The minimum absolute atomic E-state index is 0.264. The second-order valence-electron chi connectivity index (χ2n) is 7.11. The van der Waals surface area contributed by atoms with Crippen molar-refractivity contribution in [2.45, 2.75) is 78.2 Å². The summed E-state index contributed by atoms with van der Waals surface area (Å²) in [6.45, 7) is 14.0. The molecule has 136 valence electrons. The SMILES string of the molecule is CCOC(C)OC[C@@H]1OC(C)(C)N(C(=O)OC(C)(C)C)[C@@H]1CN. The van der Waals surface area contributed by atoms with Gasteiger partial charge < -0.3 is 24.7 Å². The summed E-state index contributed by atoms with van der Waals surface area (Å²) in [5, 5.41) is 0. The Morgan fingerprint density at radius 1 is 1.35 bits per heavy atom. The monoisotopic (exact) mass is 332 g/mol. The fourth-order valence-corrected chi connectivity index (χ4v) is 2.65. The zero-order chi connectivity index (χ0) is 17.8. The van der Waals surface area contributed by atoms with Crippen LogP contribution < -0.4 is 5.73 Å². The van der Waals surface area contributed by atoms with Gasteiger partial charge >= 0.3 is 6.09 Å². The lowest BCUT2D eigenvalue weighted by Crippen LogP contribution is -2.53. The molecular formula is C16H32N2O5. The van der Waals surface area contributed by atoms with Gasteiger partial charge in [0.15, 0.2) is 6.29 Å². The Kier molecular flexibility index (Phi) is 6.82. The summed E-state index contributed by atoms with van der Waals surface area (Å²) in [6.07, 6.45) is -1.09. The summed E-state index contributed by atoms with van der Waals surface area (Å²) in [5.74, 6) is 0. The maximum absolute atomic E-state index is 12.5. The van der Waals surface area contributed by atoms with Crippen molar-refractivity contribution < 1.29 is 23.7 Å². The molecule has 0 aromatic rings. The molecule has 7 heteroatoms. The zero-order valence-corrected chi connectivity index (χ0v) is 15.4. The second-order valence-corrected chi connectivity index (χ2v) is 7.11. The Labute approximate surface area is 139 Å². The Morgan fingerprint density at radius 3 is 2.43 bits per heavy atom. The highest BCUT2D eigenvalue weighted by molar-refractivity contribution is 5.70. The van der Waals surface area contributed by atoms with Crippen LogP contribution in [0.1, 0.15) is 48.5 Å². The molecule has 0 aliphatic carbocycles. The highest BCUT2D eigenvalue weighted by atomic mass is 16.7. The van der Waals surface area contributed by atoms with Gasteiger partial charge in [0.25, 0.3) is 0 Å². The smallest absolute Gasteiger partial charge is 0.412 e. The molecule has 23 heavy (non-hydrogen) atoms. The molecule has 0 spiro atoms. The second kappa shape index (κ2) is 7.79. The quantitative estimate of drug-likeness (QED) is 0.750. The number of amides is 1. The van der Waals surface area contributed by atoms with Gasteiger partial charge in [-0.25, -0.2) is 4.79 Å². The van der Waals surface area contributed by atoms with Crippen LogP contribution in [0.2, 0.25) is 0 Å². The molecule has 1 rings (SSSR count). The third-order valence-corrected chi connectivity index (χ3v) is 3.51. The van der Waals surface area contributed by atoms with Crippen molar-refractivity contribution in [2.75, 3.05) is 19.8 Å². The molecule has 1 aliphatic rings. The normalized spacial score (nSPS) is 25.5. The van der Waals surface area contributed by atoms with Gasteiger partial charge in [-0.2, -0.15) is 0 Å². The molecule has 0 aromatic heterocycles. The first-order valence-corrected chi connectivity index (χ1v) is 8.15. The number of hydrogen-bond acceptors (Lipinski definition) is 6. The fraction of sp³-hybridized carbons (Fsp3) is 0.938. The van der Waals surface area contributed by atoms with E-state index in [-0.39, 0.29) is 25.0 Å². The van der Waals surface area contributed by atoms with Crippen LogP contribution in [0.25, 0.3) is 0 Å². The van der Waals surface area contributed by atoms with E-state index in [1.165, 1.54) is 0 Å². The van der Waals surface area contributed by atoms with E-state index in [0.717, 1.165) is 0 Å². The molecule has 1 saturated heterocycles. The van der Waals surface area contributed by atoms with Crippen LogP contribution in [0.3, 0.4) is 0 Å². The van der Waals surface area contributed by atoms with Crippen molar-refractivity contribution >= 4 is 6.09 Å². The molecule has 0 aromatic carbocycles. The zero-order valence-electron chi connectivity index (χ0n) is 15.4. The van der Waals surface area contributed by atoms with Crippen molar-refractivity contribution in [3.63, 3.8) is 0 Å². The van der Waals surface area contributed by atoms with Crippen LogP contribution >= 0.6 is 0 Å². The van der Waals surface area contributed by atoms with E-state index in [1.807, 2.05) is 48.5 Å². The minimum atomic E-state index is -0.810. The molecule has 0 radical (unpaired) electrons. The molecule has 0 saturated carbocycles. The minimum Gasteiger partial charge on any atom is -0.444 e. The van der Waals surface area contributed by atoms with E-state index in [4.69, 9.17) is 24.7 Å². The van der Waals surface area contributed by atoms with Gasteiger partial charge in [-0.1, -0.05) is 0 Å². The van der Waals surface area contributed by atoms with Crippen LogP contribution in [0, 0.1) is 0 Å². The average Bonchev–Trinajstić information content (AvgIpc) is 2.65. The van der Waals surface area contributed by atoms with Crippen molar-refractivity contribution in [1.82, 2.24) is 4.90 Å². The Hall–Kier alpha value is -0.890. The Morgan fingerprint density at radius 2 is 1.96 bits per heavy atom. The van der Waals surface area contributed by atoms with E-state index in [2.05, 4.69) is 0 Å². The van der Waals surface area contributed by atoms with Gasteiger partial charge in [-0.15, -0.1) is 0 Å². The molecular weight excluding hydrogens is 300 g/mol. The standard InChI is InChI=1S/C16H32N2O5/c1-8-20-11(2)21-10-13-12(9-17)18(16(6,7)22-13)14(19)23-15(3,4)5/h11-13H,8-10,17H2,1-7H3/t11?,12-,13+/m1/s1. The van der Waals surface area contributed by atoms with E-state index >= 15 is 0 Å². The fourth-order valence-electron chi connectivity index (χ4n) is 2.65. The summed E-state index contributed by atoms with van der Waals surface area (Å²) in [6, 6.07) is -0.311. The van der Waals surface area contributed by atoms with Gasteiger partial charge in [-0.05, 0) is 48.5 Å². The van der Waals surface area contributed by atoms with E-state index in [9.17, 15) is 4.79 Å². The maximum Gasteiger partial charge on any atom is 0.412 e. The molecule has 1 aliphatic heterocycles. The largest absolute Gasteiger partial charge is 0.444 e. The third kappa shape index (κ3) is 5.60. The molecule has 1 unspecified atom stereocenters. The maximum atomic E-state index is 12.5. The molecule has 2 N–H and O–H groups in total. The first kappa shape index (κ1) is 20.2. The van der Waals surface area contributed by atoms with Crippen molar-refractivity contribution in [2.24, 2.45) is 5.73 Å². The number of carbonyl (C=O) groups excluding carboxylic acids is 1. The predicted molar refractivity (Wildman–Crippen MR) is 86.9 cm³/mol. The number of ether oxygens (including phenoxy) is 4. The number of nitrogens with zero attached hydrogens (tertiary/aromatic N) is 1. The van der Waals surface area contributed by atoms with Crippen LogP contribution in [0.4, 0.5) is 4.79 Å². The molecule has 1 amide bonds. The van der Waals surface area contributed by atoms with Crippen LogP contribution in [0.15, 0.2) is 0 Å². The topological polar surface area (TPSA) is 83.2 Å². The van der Waals surface area contributed by atoms with Crippen LogP contribution in [0.5, 0.6) is 0 Å². The van der Waals surface area contributed by atoms with Gasteiger partial charge in [0.05, 0.1) is 12.6 Å². The third-order valence-electron chi connectivity index (χ3n) is 3.51. The van der Waals surface area contributed by atoms with Gasteiger partial charge in [-0.3, -0.25) is 4.90 Å². The van der Waals surface area contributed by atoms with Gasteiger partial charge in [0, 0.05) is 13.2 Å². The Bertz CT molecular complexity index is 394. The lowest BCUT2D eigenvalue weighted by molar-refractivity contribution is -0.158. The average molecular weight is 332 g/mol. The first-order chi connectivity index (χ1) is 10.5. The Balaban J connectivity index is 2.80. The summed E-state index contributed by atoms with van der Waals surface area (Å²) in [5.41, 5.74) is 4.50. The summed E-state index contributed by atoms with van der Waals surface area (Å²) in [7, 11) is 0. The molecule has 7 nitrogen and oxygen atoms in total. The number of rotatable bonds is 6. The predicted octanol–water partition coefficient (Wildman–Crippen LogP) is 2.08. The first-order valence-electron chi connectivity index (χ1n) is 8.15. The number of carbonyl (C=O) groups is 1. The number of nitrogens with two attached hydrogens (primary N) is 1. The van der Waals surface area contributed by atoms with Gasteiger partial charge in [0.2, 0.25) is 0 Å². The van der Waals surface area contributed by atoms with Crippen LogP contribution in [-0.2, 0) is 18.9 Å². The van der Waals surface area contributed by atoms with Crippen molar-refractivity contribution in [3.8, 4) is 0 Å². The lowest BCUT2D eigenvalue weighted by Gasteiger charge is -2.34. The summed E-state index contributed by atoms with van der Waals surface area (Å²) in [4.78, 5) is 14.1. The van der Waals surface area contributed by atoms with Crippen LogP contribution in [-0.4, -0.2) is 60.5 Å². The molecule has 1 heterocycles. The number of hydrogen-bond donors (Lipinski definition) is 1. The lowest BCUT2D eigenvalue weighted by atomic mass is 10.1. The summed E-state index contributed by atoms with van der Waals surface area (Å²) >= 11 is 0. The molecule has 1 fully saturated rings. The van der Waals surface area contributed by atoms with Crippen molar-refractivity contribution in [1.29, 1.82) is 0 Å². The van der Waals surface area contributed by atoms with E-state index in [1.54, 1.807) is 4.90 Å². The molecule has 0 bridgehead atoms. The van der Waals surface area contributed by atoms with Crippen molar-refractivity contribution in [3.05, 3.63) is 0 Å². The van der Waals surface area contributed by atoms with Gasteiger partial charge in [0.1, 0.15) is 17.4 Å². The highest BCUT2D eigenvalue weighted by Gasteiger charge is 2.50. The van der Waals surface area contributed by atoms with E-state index in [0.29, 0.717) is 13.2 Å². The van der Waals surface area contributed by atoms with E-state index < -0.39 is 17.4 Å². The summed E-state index contributed by atoms with van der Waals surface area (Å²) < 4.78 is 22.5. The highest BCUT2D eigenvalue weighted by Crippen LogP contribution is 2.33.